The van der Waals surface area contributed by atoms with Crippen LogP contribution in [0.5, 0.6) is 0 Å². The van der Waals surface area contributed by atoms with Crippen LogP contribution in [0.25, 0.3) is 0 Å². The first kappa shape index (κ1) is 16.2. The molecule has 2 aliphatic heterocycles. The first-order valence-electron chi connectivity index (χ1n) is 8.02. The molecule has 6 nitrogen and oxygen atoms in total. The predicted octanol–water partition coefficient (Wildman–Crippen LogP) is 0.211. The van der Waals surface area contributed by atoms with E-state index in [1.54, 1.807) is 0 Å². The number of nitrogens with zero attached hydrogens (tertiary/aromatic N) is 2. The summed E-state index contributed by atoms with van der Waals surface area (Å²) in [6.45, 7) is 5.87. The predicted molar refractivity (Wildman–Crippen MR) is 79.6 cm³/mol. The Morgan fingerprint density at radius 3 is 2.29 bits per heavy atom. The van der Waals surface area contributed by atoms with Crippen LogP contribution >= 0.6 is 0 Å². The van der Waals surface area contributed by atoms with Crippen LogP contribution in [0, 0.1) is 5.92 Å². The van der Waals surface area contributed by atoms with Crippen molar-refractivity contribution in [3.8, 4) is 0 Å². The Morgan fingerprint density at radius 2 is 1.71 bits per heavy atom. The van der Waals surface area contributed by atoms with Gasteiger partial charge in [-0.1, -0.05) is 0 Å². The molecule has 2 N–H and O–H groups in total. The monoisotopic (exact) mass is 297 g/mol. The van der Waals surface area contributed by atoms with Crippen LogP contribution in [0.15, 0.2) is 0 Å². The molecular formula is C15H27N3O3. The van der Waals surface area contributed by atoms with Crippen LogP contribution in [-0.2, 0) is 14.3 Å². The van der Waals surface area contributed by atoms with Crippen molar-refractivity contribution in [1.29, 1.82) is 0 Å². The molecule has 0 spiro atoms. The number of nitrogens with two attached hydrogens (primary N) is 1. The number of ether oxygens (including phenoxy) is 1. The zero-order chi connectivity index (χ0) is 15.2. The molecule has 0 saturated carbocycles. The van der Waals surface area contributed by atoms with Crippen LogP contribution in [0.1, 0.15) is 32.6 Å². The molecule has 6 heteroatoms. The number of carbonyl (C=O) groups excluding carboxylic acids is 2. The molecule has 0 aromatic heterocycles. The standard InChI is InChI=1S/C15H27N3O3/c1-2-21-15(20)12-3-9-18(10-4-12)14(19)11-17-7-5-13(16)6-8-17/h12-13H,2-11,16H2,1H3. The highest BCUT2D eigenvalue weighted by molar-refractivity contribution is 5.79. The van der Waals surface area contributed by atoms with Crippen molar-refractivity contribution in [1.82, 2.24) is 9.80 Å². The van der Waals surface area contributed by atoms with E-state index < -0.39 is 0 Å². The molecule has 0 bridgehead atoms. The summed E-state index contributed by atoms with van der Waals surface area (Å²) in [7, 11) is 0. The molecule has 21 heavy (non-hydrogen) atoms. The van der Waals surface area contributed by atoms with Crippen LogP contribution in [0.4, 0.5) is 0 Å². The number of hydrogen-bond acceptors (Lipinski definition) is 5. The normalized spacial score (nSPS) is 22.3. The number of amides is 1. The molecule has 120 valence electrons. The first-order chi connectivity index (χ1) is 10.1. The lowest BCUT2D eigenvalue weighted by Crippen LogP contribution is -2.48. The second-order valence-corrected chi connectivity index (χ2v) is 6.02. The minimum absolute atomic E-state index is 0.0398. The van der Waals surface area contributed by atoms with Crippen molar-refractivity contribution >= 4 is 11.9 Å². The van der Waals surface area contributed by atoms with E-state index in [1.807, 2.05) is 11.8 Å². The van der Waals surface area contributed by atoms with Gasteiger partial charge in [0.1, 0.15) is 0 Å². The summed E-state index contributed by atoms with van der Waals surface area (Å²) in [5, 5.41) is 0. The molecule has 1 amide bonds. The van der Waals surface area contributed by atoms with E-state index in [2.05, 4.69) is 4.90 Å². The Kier molecular flexibility index (Phi) is 5.99. The Morgan fingerprint density at radius 1 is 1.10 bits per heavy atom. The fourth-order valence-electron chi connectivity index (χ4n) is 3.03. The lowest BCUT2D eigenvalue weighted by atomic mass is 9.97. The highest BCUT2D eigenvalue weighted by atomic mass is 16.5. The molecule has 2 fully saturated rings. The van der Waals surface area contributed by atoms with Crippen molar-refractivity contribution in [3.05, 3.63) is 0 Å². The van der Waals surface area contributed by atoms with Gasteiger partial charge in [-0.05, 0) is 32.6 Å². The summed E-state index contributed by atoms with van der Waals surface area (Å²) in [5.41, 5.74) is 5.87. The molecule has 2 rings (SSSR count). The van der Waals surface area contributed by atoms with Gasteiger partial charge in [0.25, 0.3) is 0 Å². The average Bonchev–Trinajstić information content (AvgIpc) is 2.50. The van der Waals surface area contributed by atoms with E-state index in [-0.39, 0.29) is 23.8 Å². The number of esters is 1. The maximum atomic E-state index is 12.3. The van der Waals surface area contributed by atoms with E-state index in [1.165, 1.54) is 0 Å². The number of likely N-dealkylation sites (tertiary alicyclic amines) is 2. The van der Waals surface area contributed by atoms with E-state index in [9.17, 15) is 9.59 Å². The van der Waals surface area contributed by atoms with Crippen LogP contribution in [0.3, 0.4) is 0 Å². The third-order valence-corrected chi connectivity index (χ3v) is 4.46. The summed E-state index contributed by atoms with van der Waals surface area (Å²) >= 11 is 0. The quantitative estimate of drug-likeness (QED) is 0.751. The van der Waals surface area contributed by atoms with E-state index >= 15 is 0 Å². The van der Waals surface area contributed by atoms with E-state index in [0.717, 1.165) is 38.8 Å². The fourth-order valence-corrected chi connectivity index (χ4v) is 3.03. The van der Waals surface area contributed by atoms with Crippen molar-refractivity contribution in [2.45, 2.75) is 38.6 Å². The molecule has 2 heterocycles. The largest absolute Gasteiger partial charge is 0.466 e. The van der Waals surface area contributed by atoms with Crippen molar-refractivity contribution < 1.29 is 14.3 Å². The summed E-state index contributed by atoms with van der Waals surface area (Å²) in [6.07, 6.45) is 3.38. The molecule has 0 aromatic carbocycles. The van der Waals surface area contributed by atoms with Gasteiger partial charge < -0.3 is 15.4 Å². The Bertz CT molecular complexity index is 359. The van der Waals surface area contributed by atoms with Gasteiger partial charge in [-0.25, -0.2) is 0 Å². The number of hydrogen-bond donors (Lipinski definition) is 1. The van der Waals surface area contributed by atoms with Crippen molar-refractivity contribution in [2.24, 2.45) is 11.7 Å². The van der Waals surface area contributed by atoms with Gasteiger partial charge in [0.2, 0.25) is 5.91 Å². The molecule has 0 unspecified atom stereocenters. The zero-order valence-corrected chi connectivity index (χ0v) is 12.9. The van der Waals surface area contributed by atoms with Crippen LogP contribution in [-0.4, -0.2) is 67.0 Å². The smallest absolute Gasteiger partial charge is 0.309 e. The molecular weight excluding hydrogens is 270 g/mol. The Labute approximate surface area is 126 Å². The van der Waals surface area contributed by atoms with Gasteiger partial charge in [-0.15, -0.1) is 0 Å². The fraction of sp³-hybridized carbons (Fsp3) is 0.867. The summed E-state index contributed by atoms with van der Waals surface area (Å²) in [5.74, 6) is 0.0179. The van der Waals surface area contributed by atoms with Gasteiger partial charge >= 0.3 is 5.97 Å². The second kappa shape index (κ2) is 7.75. The van der Waals surface area contributed by atoms with Crippen LogP contribution < -0.4 is 5.73 Å². The lowest BCUT2D eigenvalue weighted by molar-refractivity contribution is -0.151. The highest BCUT2D eigenvalue weighted by Crippen LogP contribution is 2.19. The van der Waals surface area contributed by atoms with E-state index in [0.29, 0.717) is 26.2 Å². The third-order valence-electron chi connectivity index (χ3n) is 4.46. The molecule has 0 aliphatic carbocycles. The zero-order valence-electron chi connectivity index (χ0n) is 12.9. The Hall–Kier alpha value is -1.14. The van der Waals surface area contributed by atoms with Gasteiger partial charge in [-0.3, -0.25) is 14.5 Å². The molecule has 0 radical (unpaired) electrons. The van der Waals surface area contributed by atoms with E-state index in [4.69, 9.17) is 10.5 Å². The second-order valence-electron chi connectivity index (χ2n) is 6.02. The summed E-state index contributed by atoms with van der Waals surface area (Å²) < 4.78 is 5.05. The van der Waals surface area contributed by atoms with Gasteiger partial charge in [0.15, 0.2) is 0 Å². The third kappa shape index (κ3) is 4.68. The number of piperidine rings is 2. The first-order valence-corrected chi connectivity index (χ1v) is 8.02. The molecule has 2 saturated heterocycles. The molecule has 0 aromatic rings. The van der Waals surface area contributed by atoms with Crippen molar-refractivity contribution in [3.63, 3.8) is 0 Å². The molecule has 2 aliphatic rings. The maximum Gasteiger partial charge on any atom is 0.309 e. The van der Waals surface area contributed by atoms with Gasteiger partial charge in [-0.2, -0.15) is 0 Å². The average molecular weight is 297 g/mol. The topological polar surface area (TPSA) is 75.9 Å². The maximum absolute atomic E-state index is 12.3. The summed E-state index contributed by atoms with van der Waals surface area (Å²) in [6, 6.07) is 0.289. The SMILES string of the molecule is CCOC(=O)C1CCN(C(=O)CN2CCC(N)CC2)CC1. The van der Waals surface area contributed by atoms with Gasteiger partial charge in [0.05, 0.1) is 19.1 Å². The van der Waals surface area contributed by atoms with Gasteiger partial charge in [0, 0.05) is 32.2 Å². The Balaban J connectivity index is 1.71. The number of carbonyl (C=O) groups is 2. The number of rotatable bonds is 4. The van der Waals surface area contributed by atoms with Crippen molar-refractivity contribution in [2.75, 3.05) is 39.3 Å². The minimum atomic E-state index is -0.116. The van der Waals surface area contributed by atoms with Crippen LogP contribution in [0.2, 0.25) is 0 Å². The summed E-state index contributed by atoms with van der Waals surface area (Å²) in [4.78, 5) is 28.0. The molecule has 0 atom stereocenters. The highest BCUT2D eigenvalue weighted by Gasteiger charge is 2.29. The lowest BCUT2D eigenvalue weighted by Gasteiger charge is -2.34. The minimum Gasteiger partial charge on any atom is -0.466 e.